The molecule has 4 rings (SSSR count). The van der Waals surface area contributed by atoms with E-state index in [1.807, 2.05) is 27.7 Å². The second-order valence-electron chi connectivity index (χ2n) is 9.03. The van der Waals surface area contributed by atoms with Crippen molar-refractivity contribution in [3.63, 3.8) is 0 Å². The molecule has 0 radical (unpaired) electrons. The van der Waals surface area contributed by atoms with Gasteiger partial charge in [-0.05, 0) is 38.0 Å². The van der Waals surface area contributed by atoms with Crippen LogP contribution in [0.2, 0.25) is 0 Å². The predicted molar refractivity (Wildman–Crippen MR) is 133 cm³/mol. The Labute approximate surface area is 191 Å². The van der Waals surface area contributed by atoms with E-state index in [2.05, 4.69) is 64.6 Å². The van der Waals surface area contributed by atoms with Crippen LogP contribution >= 0.6 is 0 Å². The van der Waals surface area contributed by atoms with Gasteiger partial charge in [0.05, 0.1) is 6.54 Å². The fourth-order valence-corrected chi connectivity index (χ4v) is 4.76. The molecule has 3 heterocycles. The molecule has 0 bridgehead atoms. The monoisotopic (exact) mass is 430 g/mol. The molecule has 5 nitrogen and oxygen atoms in total. The Morgan fingerprint density at radius 1 is 0.903 bits per heavy atom. The minimum atomic E-state index is 0.323. The van der Waals surface area contributed by atoms with E-state index < -0.39 is 0 Å². The molecule has 3 saturated heterocycles. The SMILES string of the molecule is CC.CC.CCc1ccc(N2CC3(CN(C(=O)CN4CCN(C(C)C)CC4)C3)C2)cc1. The van der Waals surface area contributed by atoms with Gasteiger partial charge >= 0.3 is 0 Å². The van der Waals surface area contributed by atoms with Crippen molar-refractivity contribution in [1.29, 1.82) is 0 Å². The highest BCUT2D eigenvalue weighted by Gasteiger charge is 2.53. The molecule has 3 aliphatic heterocycles. The Balaban J connectivity index is 0.000000807. The van der Waals surface area contributed by atoms with Crippen molar-refractivity contribution in [3.8, 4) is 0 Å². The fourth-order valence-electron chi connectivity index (χ4n) is 4.76. The average molecular weight is 431 g/mol. The van der Waals surface area contributed by atoms with Gasteiger partial charge in [-0.3, -0.25) is 14.6 Å². The van der Waals surface area contributed by atoms with Crippen LogP contribution in [0.15, 0.2) is 24.3 Å². The molecule has 1 aromatic rings. The van der Waals surface area contributed by atoms with Crippen LogP contribution in [-0.4, -0.2) is 85.6 Å². The Hall–Kier alpha value is -1.59. The lowest BCUT2D eigenvalue weighted by Crippen LogP contribution is -2.73. The summed E-state index contributed by atoms with van der Waals surface area (Å²) in [6.07, 6.45) is 1.09. The first kappa shape index (κ1) is 25.7. The quantitative estimate of drug-likeness (QED) is 0.707. The number of hydrogen-bond acceptors (Lipinski definition) is 4. The second kappa shape index (κ2) is 11.9. The largest absolute Gasteiger partial charge is 0.370 e. The van der Waals surface area contributed by atoms with Gasteiger partial charge in [0.1, 0.15) is 0 Å². The summed E-state index contributed by atoms with van der Waals surface area (Å²) in [6.45, 7) is 23.6. The minimum Gasteiger partial charge on any atom is -0.370 e. The van der Waals surface area contributed by atoms with Crippen LogP contribution in [0.5, 0.6) is 0 Å². The van der Waals surface area contributed by atoms with E-state index in [1.165, 1.54) is 11.3 Å². The third-order valence-electron chi connectivity index (χ3n) is 6.66. The van der Waals surface area contributed by atoms with Crippen molar-refractivity contribution < 1.29 is 4.79 Å². The van der Waals surface area contributed by atoms with E-state index in [-0.39, 0.29) is 0 Å². The molecule has 3 fully saturated rings. The molecule has 0 aromatic heterocycles. The number of piperazine rings is 1. The van der Waals surface area contributed by atoms with Crippen molar-refractivity contribution in [2.24, 2.45) is 5.41 Å². The predicted octanol–water partition coefficient (Wildman–Crippen LogP) is 3.98. The zero-order chi connectivity index (χ0) is 23.0. The summed E-state index contributed by atoms with van der Waals surface area (Å²) in [5.74, 6) is 0.323. The van der Waals surface area contributed by atoms with Crippen molar-refractivity contribution in [2.75, 3.05) is 63.8 Å². The zero-order valence-electron chi connectivity index (χ0n) is 21.2. The molecule has 1 spiro atoms. The summed E-state index contributed by atoms with van der Waals surface area (Å²) >= 11 is 0. The lowest BCUT2D eigenvalue weighted by molar-refractivity contribution is -0.146. The molecule has 1 amide bonds. The molecule has 31 heavy (non-hydrogen) atoms. The maximum absolute atomic E-state index is 12.6. The number of anilines is 1. The summed E-state index contributed by atoms with van der Waals surface area (Å²) in [5, 5.41) is 0. The van der Waals surface area contributed by atoms with Crippen LogP contribution in [0.25, 0.3) is 0 Å². The van der Waals surface area contributed by atoms with Crippen LogP contribution < -0.4 is 4.90 Å². The maximum atomic E-state index is 12.6. The number of likely N-dealkylation sites (tertiary alicyclic amines) is 1. The van der Waals surface area contributed by atoms with Crippen LogP contribution in [-0.2, 0) is 11.2 Å². The molecule has 176 valence electrons. The van der Waals surface area contributed by atoms with Crippen molar-refractivity contribution in [1.82, 2.24) is 14.7 Å². The molecule has 0 unspecified atom stereocenters. The first-order chi connectivity index (χ1) is 15.0. The number of carbonyl (C=O) groups is 1. The number of benzene rings is 1. The van der Waals surface area contributed by atoms with Crippen LogP contribution in [0, 0.1) is 5.41 Å². The van der Waals surface area contributed by atoms with E-state index in [0.717, 1.165) is 58.8 Å². The highest BCUT2D eigenvalue weighted by atomic mass is 16.2. The lowest BCUT2D eigenvalue weighted by Gasteiger charge is -2.61. The first-order valence-corrected chi connectivity index (χ1v) is 12.6. The molecule has 0 aliphatic carbocycles. The highest BCUT2D eigenvalue weighted by Crippen LogP contribution is 2.41. The Morgan fingerprint density at radius 2 is 1.45 bits per heavy atom. The zero-order valence-corrected chi connectivity index (χ0v) is 21.2. The molecule has 1 aromatic carbocycles. The molecule has 0 N–H and O–H groups in total. The van der Waals surface area contributed by atoms with Crippen molar-refractivity contribution in [2.45, 2.75) is 60.9 Å². The number of amides is 1. The van der Waals surface area contributed by atoms with Gasteiger partial charge in [0, 0.05) is 69.5 Å². The molecular formula is C26H46N4O. The van der Waals surface area contributed by atoms with Gasteiger partial charge in [0.15, 0.2) is 0 Å². The third-order valence-corrected chi connectivity index (χ3v) is 6.66. The topological polar surface area (TPSA) is 30.0 Å². The third kappa shape index (κ3) is 6.23. The minimum absolute atomic E-state index is 0.323. The Kier molecular flexibility index (Phi) is 9.83. The van der Waals surface area contributed by atoms with Crippen LogP contribution in [0.1, 0.15) is 54.0 Å². The van der Waals surface area contributed by atoms with E-state index in [9.17, 15) is 4.79 Å². The number of aryl methyl sites for hydroxylation is 1. The van der Waals surface area contributed by atoms with E-state index in [0.29, 0.717) is 23.9 Å². The van der Waals surface area contributed by atoms with Gasteiger partial charge < -0.3 is 9.80 Å². The molecule has 5 heteroatoms. The van der Waals surface area contributed by atoms with Gasteiger partial charge in [-0.2, -0.15) is 0 Å². The molecule has 3 aliphatic rings. The number of rotatable bonds is 5. The van der Waals surface area contributed by atoms with Crippen LogP contribution in [0.4, 0.5) is 5.69 Å². The Morgan fingerprint density at radius 3 is 1.94 bits per heavy atom. The van der Waals surface area contributed by atoms with E-state index in [1.54, 1.807) is 0 Å². The van der Waals surface area contributed by atoms with Gasteiger partial charge in [0.2, 0.25) is 5.91 Å². The van der Waals surface area contributed by atoms with E-state index in [4.69, 9.17) is 0 Å². The summed E-state index contributed by atoms with van der Waals surface area (Å²) in [6, 6.07) is 9.55. The number of nitrogens with zero attached hydrogens (tertiary/aromatic N) is 4. The fraction of sp³-hybridized carbons (Fsp3) is 0.731. The van der Waals surface area contributed by atoms with Gasteiger partial charge in [-0.15, -0.1) is 0 Å². The average Bonchev–Trinajstić information content (AvgIpc) is 2.75. The molecule has 0 atom stereocenters. The smallest absolute Gasteiger partial charge is 0.236 e. The lowest BCUT2D eigenvalue weighted by atomic mass is 9.72. The normalized spacial score (nSPS) is 20.3. The summed E-state index contributed by atoms with van der Waals surface area (Å²) < 4.78 is 0. The number of carbonyl (C=O) groups excluding carboxylic acids is 1. The summed E-state index contributed by atoms with van der Waals surface area (Å²) in [7, 11) is 0. The van der Waals surface area contributed by atoms with Crippen molar-refractivity contribution >= 4 is 11.6 Å². The van der Waals surface area contributed by atoms with E-state index >= 15 is 0 Å². The molecular weight excluding hydrogens is 384 g/mol. The molecule has 0 saturated carbocycles. The van der Waals surface area contributed by atoms with Crippen LogP contribution in [0.3, 0.4) is 0 Å². The number of hydrogen-bond donors (Lipinski definition) is 0. The van der Waals surface area contributed by atoms with Crippen molar-refractivity contribution in [3.05, 3.63) is 29.8 Å². The standard InChI is InChI=1S/C22H34N4O.2C2H6/c1-4-19-5-7-20(8-6-19)25-14-22(15-25)16-26(17-22)21(27)13-23-9-11-24(12-10-23)18(2)3;2*1-2/h5-8,18H,4,9-17H2,1-3H3;2*1-2H3. The van der Waals surface area contributed by atoms with Gasteiger partial charge in [0.25, 0.3) is 0 Å². The van der Waals surface area contributed by atoms with Gasteiger partial charge in [-0.25, -0.2) is 0 Å². The maximum Gasteiger partial charge on any atom is 0.236 e. The highest BCUT2D eigenvalue weighted by molar-refractivity contribution is 5.79. The summed E-state index contributed by atoms with van der Waals surface area (Å²) in [5.41, 5.74) is 3.07. The Bertz CT molecular complexity index is 650. The first-order valence-electron chi connectivity index (χ1n) is 12.6. The summed E-state index contributed by atoms with van der Waals surface area (Å²) in [4.78, 5) is 22.0. The van der Waals surface area contributed by atoms with Gasteiger partial charge in [-0.1, -0.05) is 46.8 Å². The second-order valence-corrected chi connectivity index (χ2v) is 9.03.